The van der Waals surface area contributed by atoms with Crippen molar-refractivity contribution in [2.45, 2.75) is 18.2 Å². The van der Waals surface area contributed by atoms with Gasteiger partial charge in [-0.25, -0.2) is 13.1 Å². The first-order chi connectivity index (χ1) is 9.40. The van der Waals surface area contributed by atoms with E-state index in [0.717, 1.165) is 0 Å². The van der Waals surface area contributed by atoms with Gasteiger partial charge in [-0.3, -0.25) is 0 Å². The second-order valence-electron chi connectivity index (χ2n) is 4.13. The topological polar surface area (TPSA) is 111 Å². The maximum absolute atomic E-state index is 12.2. The molecule has 0 atom stereocenters. The molecule has 20 heavy (non-hydrogen) atoms. The summed E-state index contributed by atoms with van der Waals surface area (Å²) in [4.78, 5) is 3.91. The maximum atomic E-state index is 12.2. The van der Waals surface area contributed by atoms with Crippen LogP contribution in [0.15, 0.2) is 27.9 Å². The first kappa shape index (κ1) is 14.8. The molecule has 1 heterocycles. The Kier molecular flexibility index (Phi) is 4.26. The lowest BCUT2D eigenvalue weighted by atomic mass is 10.2. The number of hydrogen-bond donors (Lipinski definition) is 2. The van der Waals surface area contributed by atoms with E-state index in [0.29, 0.717) is 22.8 Å². The lowest BCUT2D eigenvalue weighted by Crippen LogP contribution is -2.27. The number of aromatic nitrogens is 2. The molecular weight excluding hydrogens is 304 g/mol. The van der Waals surface area contributed by atoms with Crippen LogP contribution in [0, 0.1) is 6.92 Å². The van der Waals surface area contributed by atoms with Gasteiger partial charge >= 0.3 is 0 Å². The van der Waals surface area contributed by atoms with Crippen LogP contribution in [0.2, 0.25) is 5.02 Å². The fraction of sp³-hybridized carbons (Fsp3) is 0.273. The van der Waals surface area contributed by atoms with Crippen LogP contribution < -0.4 is 10.5 Å². The summed E-state index contributed by atoms with van der Waals surface area (Å²) in [5, 5.41) is 3.92. The number of rotatable bonds is 5. The zero-order chi connectivity index (χ0) is 14.8. The van der Waals surface area contributed by atoms with Gasteiger partial charge in [-0.2, -0.15) is 4.98 Å². The minimum absolute atomic E-state index is 0.104. The molecule has 0 saturated carbocycles. The first-order valence-electron chi connectivity index (χ1n) is 5.70. The largest absolute Gasteiger partial charge is 0.397 e. The molecule has 0 unspecified atom stereocenters. The lowest BCUT2D eigenvalue weighted by molar-refractivity contribution is 0.410. The zero-order valence-electron chi connectivity index (χ0n) is 10.6. The summed E-state index contributed by atoms with van der Waals surface area (Å²) < 4.78 is 31.4. The summed E-state index contributed by atoms with van der Waals surface area (Å²) >= 11 is 5.84. The third kappa shape index (κ3) is 3.27. The summed E-state index contributed by atoms with van der Waals surface area (Å²) in [6.45, 7) is 1.81. The number of nitrogens with zero attached hydrogens (tertiary/aromatic N) is 2. The van der Waals surface area contributed by atoms with Gasteiger partial charge in [0.25, 0.3) is 0 Å². The molecule has 0 spiro atoms. The Balaban J connectivity index is 2.12. The van der Waals surface area contributed by atoms with Gasteiger partial charge in [-0.1, -0.05) is 16.8 Å². The van der Waals surface area contributed by atoms with Crippen LogP contribution in [-0.2, 0) is 16.4 Å². The van der Waals surface area contributed by atoms with E-state index in [9.17, 15) is 8.42 Å². The summed E-state index contributed by atoms with van der Waals surface area (Å²) in [7, 11) is -3.66. The standard InChI is InChI=1S/C11H13ClN4O3S/c1-7-4-8(12)9(13)5-10(7)20(17,18)15-3-2-11-14-6-19-16-11/h4-6,15H,2-3,13H2,1H3. The van der Waals surface area contributed by atoms with Crippen molar-refractivity contribution < 1.29 is 12.9 Å². The maximum Gasteiger partial charge on any atom is 0.240 e. The van der Waals surface area contributed by atoms with Gasteiger partial charge in [0.2, 0.25) is 16.4 Å². The molecule has 1 aromatic carbocycles. The molecule has 7 nitrogen and oxygen atoms in total. The predicted octanol–water partition coefficient (Wildman–Crippen LogP) is 1.13. The first-order valence-corrected chi connectivity index (χ1v) is 7.57. The quantitative estimate of drug-likeness (QED) is 0.800. The Morgan fingerprint density at radius 3 is 2.85 bits per heavy atom. The SMILES string of the molecule is Cc1cc(Cl)c(N)cc1S(=O)(=O)NCCc1ncon1. The van der Waals surface area contributed by atoms with Crippen LogP contribution in [0.25, 0.3) is 0 Å². The average molecular weight is 317 g/mol. The molecular formula is C11H13ClN4O3S. The summed E-state index contributed by atoms with van der Waals surface area (Å²) in [6, 6.07) is 2.86. The van der Waals surface area contributed by atoms with Gasteiger partial charge < -0.3 is 10.3 Å². The smallest absolute Gasteiger partial charge is 0.240 e. The molecule has 0 amide bonds. The molecule has 2 aromatic rings. The fourth-order valence-electron chi connectivity index (χ4n) is 1.64. The normalized spacial score (nSPS) is 11.7. The second-order valence-corrected chi connectivity index (χ2v) is 6.28. The molecule has 0 aliphatic heterocycles. The highest BCUT2D eigenvalue weighted by atomic mass is 35.5. The number of nitrogen functional groups attached to an aromatic ring is 1. The van der Waals surface area contributed by atoms with Crippen molar-refractivity contribution in [3.8, 4) is 0 Å². The number of aryl methyl sites for hydroxylation is 1. The van der Waals surface area contributed by atoms with E-state index in [1.54, 1.807) is 6.92 Å². The number of benzene rings is 1. The van der Waals surface area contributed by atoms with Crippen LogP contribution in [0.3, 0.4) is 0 Å². The molecule has 108 valence electrons. The molecule has 3 N–H and O–H groups in total. The zero-order valence-corrected chi connectivity index (χ0v) is 12.2. The van der Waals surface area contributed by atoms with Gasteiger partial charge in [0.1, 0.15) is 0 Å². The van der Waals surface area contributed by atoms with Crippen molar-refractivity contribution in [2.24, 2.45) is 0 Å². The molecule has 0 bridgehead atoms. The van der Waals surface area contributed by atoms with E-state index >= 15 is 0 Å². The summed E-state index contributed by atoms with van der Waals surface area (Å²) in [6.07, 6.45) is 1.52. The summed E-state index contributed by atoms with van der Waals surface area (Å²) in [5.74, 6) is 0.431. The Bertz CT molecular complexity index is 701. The van der Waals surface area contributed by atoms with E-state index in [1.165, 1.54) is 18.5 Å². The van der Waals surface area contributed by atoms with Crippen molar-refractivity contribution >= 4 is 27.3 Å². The van der Waals surface area contributed by atoms with E-state index in [4.69, 9.17) is 17.3 Å². The van der Waals surface area contributed by atoms with E-state index in [2.05, 4.69) is 19.4 Å². The number of anilines is 1. The van der Waals surface area contributed by atoms with E-state index in [-0.39, 0.29) is 17.1 Å². The predicted molar refractivity (Wildman–Crippen MR) is 73.8 cm³/mol. The third-order valence-corrected chi connectivity index (χ3v) is 4.56. The molecule has 9 heteroatoms. The number of sulfonamides is 1. The van der Waals surface area contributed by atoms with Crippen LogP contribution in [-0.4, -0.2) is 25.1 Å². The number of halogens is 1. The Morgan fingerprint density at radius 1 is 1.45 bits per heavy atom. The molecule has 0 aliphatic carbocycles. The molecule has 0 aliphatic rings. The van der Waals surface area contributed by atoms with Crippen molar-refractivity contribution in [3.05, 3.63) is 34.9 Å². The molecule has 0 fully saturated rings. The van der Waals surface area contributed by atoms with Gasteiger partial charge in [0.05, 0.1) is 15.6 Å². The lowest BCUT2D eigenvalue weighted by Gasteiger charge is -2.10. The minimum Gasteiger partial charge on any atom is -0.397 e. The number of nitrogens with two attached hydrogens (primary N) is 1. The second kappa shape index (κ2) is 5.78. The average Bonchev–Trinajstić information content (AvgIpc) is 2.86. The number of nitrogens with one attached hydrogen (secondary N) is 1. The van der Waals surface area contributed by atoms with Crippen molar-refractivity contribution in [2.75, 3.05) is 12.3 Å². The van der Waals surface area contributed by atoms with Crippen molar-refractivity contribution in [1.82, 2.24) is 14.9 Å². The molecule has 0 radical (unpaired) electrons. The monoisotopic (exact) mass is 316 g/mol. The van der Waals surface area contributed by atoms with Gasteiger partial charge in [0.15, 0.2) is 5.82 Å². The Labute approximate surface area is 121 Å². The highest BCUT2D eigenvalue weighted by molar-refractivity contribution is 7.89. The van der Waals surface area contributed by atoms with Crippen LogP contribution in [0.5, 0.6) is 0 Å². The van der Waals surface area contributed by atoms with Gasteiger partial charge in [-0.05, 0) is 24.6 Å². The van der Waals surface area contributed by atoms with Crippen LogP contribution in [0.1, 0.15) is 11.4 Å². The van der Waals surface area contributed by atoms with E-state index in [1.807, 2.05) is 0 Å². The van der Waals surface area contributed by atoms with Gasteiger partial charge in [0, 0.05) is 13.0 Å². The third-order valence-electron chi connectivity index (χ3n) is 2.63. The van der Waals surface area contributed by atoms with Crippen molar-refractivity contribution in [3.63, 3.8) is 0 Å². The van der Waals surface area contributed by atoms with E-state index < -0.39 is 10.0 Å². The van der Waals surface area contributed by atoms with Crippen LogP contribution >= 0.6 is 11.6 Å². The number of hydrogen-bond acceptors (Lipinski definition) is 6. The van der Waals surface area contributed by atoms with Crippen LogP contribution in [0.4, 0.5) is 5.69 Å². The minimum atomic E-state index is -3.66. The van der Waals surface area contributed by atoms with Crippen molar-refractivity contribution in [1.29, 1.82) is 0 Å². The Morgan fingerprint density at radius 2 is 2.20 bits per heavy atom. The molecule has 0 saturated heterocycles. The highest BCUT2D eigenvalue weighted by Gasteiger charge is 2.18. The molecule has 1 aromatic heterocycles. The highest BCUT2D eigenvalue weighted by Crippen LogP contribution is 2.25. The summed E-state index contributed by atoms with van der Waals surface area (Å²) in [5.41, 5.74) is 6.38. The Hall–Kier alpha value is -1.64. The van der Waals surface area contributed by atoms with Gasteiger partial charge in [-0.15, -0.1) is 0 Å². The fourth-order valence-corrected chi connectivity index (χ4v) is 3.15. The molecule has 2 rings (SSSR count).